The molecule has 2 aromatic heterocycles. The highest BCUT2D eigenvalue weighted by Crippen LogP contribution is 2.26. The first-order valence-corrected chi connectivity index (χ1v) is 6.86. The third-order valence-electron chi connectivity index (χ3n) is 1.82. The summed E-state index contributed by atoms with van der Waals surface area (Å²) >= 11 is 4.63. The number of hydrogen-bond donors (Lipinski definition) is 1. The Labute approximate surface area is 117 Å². The standard InChI is InChI=1S/C11H12BrN3O2S/c1-11(2,3)17-10(16)15-9-14-7-4-6(12)5-13-8(7)18-9/h4-5H,1-3H3,(H,14,15,16). The minimum Gasteiger partial charge on any atom is -0.444 e. The molecule has 1 amide bonds. The van der Waals surface area contributed by atoms with Crippen molar-refractivity contribution >= 4 is 48.8 Å². The molecule has 1 N–H and O–H groups in total. The molecule has 0 saturated carbocycles. The van der Waals surface area contributed by atoms with Crippen LogP contribution in [0.2, 0.25) is 0 Å². The molecule has 2 aromatic rings. The number of pyridine rings is 1. The highest BCUT2D eigenvalue weighted by atomic mass is 79.9. The molecule has 0 unspecified atom stereocenters. The van der Waals surface area contributed by atoms with Gasteiger partial charge in [0, 0.05) is 10.7 Å². The van der Waals surface area contributed by atoms with Crippen LogP contribution in [0, 0.1) is 0 Å². The van der Waals surface area contributed by atoms with Gasteiger partial charge in [0.1, 0.15) is 15.9 Å². The van der Waals surface area contributed by atoms with E-state index in [4.69, 9.17) is 4.74 Å². The summed E-state index contributed by atoms with van der Waals surface area (Å²) in [5.74, 6) is 0. The van der Waals surface area contributed by atoms with Crippen molar-refractivity contribution in [2.75, 3.05) is 5.32 Å². The van der Waals surface area contributed by atoms with Gasteiger partial charge in [-0.05, 0) is 42.8 Å². The average molecular weight is 330 g/mol. The lowest BCUT2D eigenvalue weighted by Gasteiger charge is -2.18. The SMILES string of the molecule is CC(C)(C)OC(=O)Nc1nc2cc(Br)cnc2s1. The Balaban J connectivity index is 2.15. The van der Waals surface area contributed by atoms with Crippen molar-refractivity contribution in [3.63, 3.8) is 0 Å². The molecular weight excluding hydrogens is 318 g/mol. The molecule has 5 nitrogen and oxygen atoms in total. The maximum absolute atomic E-state index is 11.6. The topological polar surface area (TPSA) is 64.1 Å². The first-order valence-electron chi connectivity index (χ1n) is 5.25. The van der Waals surface area contributed by atoms with Gasteiger partial charge in [-0.1, -0.05) is 11.3 Å². The van der Waals surface area contributed by atoms with Crippen LogP contribution in [-0.4, -0.2) is 21.7 Å². The first-order chi connectivity index (χ1) is 8.33. The number of ether oxygens (including phenoxy) is 1. The molecule has 18 heavy (non-hydrogen) atoms. The third kappa shape index (κ3) is 3.39. The highest BCUT2D eigenvalue weighted by Gasteiger charge is 2.17. The summed E-state index contributed by atoms with van der Waals surface area (Å²) in [4.78, 5) is 20.8. The predicted molar refractivity (Wildman–Crippen MR) is 75.0 cm³/mol. The van der Waals surface area contributed by atoms with E-state index < -0.39 is 11.7 Å². The Morgan fingerprint density at radius 1 is 1.50 bits per heavy atom. The molecule has 7 heteroatoms. The van der Waals surface area contributed by atoms with E-state index in [9.17, 15) is 4.79 Å². The Morgan fingerprint density at radius 3 is 2.89 bits per heavy atom. The molecule has 0 fully saturated rings. The summed E-state index contributed by atoms with van der Waals surface area (Å²) in [6, 6.07) is 1.85. The smallest absolute Gasteiger partial charge is 0.413 e. The highest BCUT2D eigenvalue weighted by molar-refractivity contribution is 9.10. The van der Waals surface area contributed by atoms with Crippen LogP contribution in [0.1, 0.15) is 20.8 Å². The van der Waals surface area contributed by atoms with E-state index in [2.05, 4.69) is 31.2 Å². The largest absolute Gasteiger partial charge is 0.444 e. The van der Waals surface area contributed by atoms with E-state index in [1.807, 2.05) is 26.8 Å². The molecular formula is C11H12BrN3O2S. The fourth-order valence-corrected chi connectivity index (χ4v) is 2.34. The van der Waals surface area contributed by atoms with Gasteiger partial charge in [0.05, 0.1) is 0 Å². The van der Waals surface area contributed by atoms with Gasteiger partial charge in [-0.2, -0.15) is 0 Å². The summed E-state index contributed by atoms with van der Waals surface area (Å²) in [5.41, 5.74) is 0.211. The Morgan fingerprint density at radius 2 is 2.22 bits per heavy atom. The van der Waals surface area contributed by atoms with Crippen LogP contribution in [0.15, 0.2) is 16.7 Å². The first kappa shape index (κ1) is 13.2. The monoisotopic (exact) mass is 329 g/mol. The van der Waals surface area contributed by atoms with Crippen molar-refractivity contribution in [3.8, 4) is 0 Å². The van der Waals surface area contributed by atoms with E-state index >= 15 is 0 Å². The van der Waals surface area contributed by atoms with Crippen molar-refractivity contribution in [3.05, 3.63) is 16.7 Å². The molecule has 0 radical (unpaired) electrons. The second-order valence-corrected chi connectivity index (χ2v) is 6.52. The zero-order valence-corrected chi connectivity index (χ0v) is 12.6. The molecule has 0 saturated heterocycles. The minimum absolute atomic E-state index is 0.477. The molecule has 2 rings (SSSR count). The molecule has 0 aliphatic rings. The third-order valence-corrected chi connectivity index (χ3v) is 3.15. The number of nitrogens with zero attached hydrogens (tertiary/aromatic N) is 2. The van der Waals surface area contributed by atoms with Crippen LogP contribution < -0.4 is 5.32 Å². The lowest BCUT2D eigenvalue weighted by atomic mass is 10.2. The maximum Gasteiger partial charge on any atom is 0.413 e. The average Bonchev–Trinajstić information content (AvgIpc) is 2.55. The van der Waals surface area contributed by atoms with Crippen LogP contribution in [0.3, 0.4) is 0 Å². The van der Waals surface area contributed by atoms with Crippen molar-refractivity contribution in [1.82, 2.24) is 9.97 Å². The lowest BCUT2D eigenvalue weighted by Crippen LogP contribution is -2.27. The number of hydrogen-bond acceptors (Lipinski definition) is 5. The summed E-state index contributed by atoms with van der Waals surface area (Å²) in [6.45, 7) is 5.43. The normalized spacial score (nSPS) is 11.6. The molecule has 2 heterocycles. The summed E-state index contributed by atoms with van der Waals surface area (Å²) in [5, 5.41) is 3.08. The minimum atomic E-state index is -0.526. The van der Waals surface area contributed by atoms with E-state index in [1.165, 1.54) is 11.3 Å². The summed E-state index contributed by atoms with van der Waals surface area (Å²) < 4.78 is 6.00. The van der Waals surface area contributed by atoms with Gasteiger partial charge >= 0.3 is 6.09 Å². The second kappa shape index (κ2) is 4.81. The second-order valence-electron chi connectivity index (χ2n) is 4.62. The quantitative estimate of drug-likeness (QED) is 0.864. The van der Waals surface area contributed by atoms with E-state index in [0.717, 1.165) is 14.8 Å². The molecule has 0 aliphatic heterocycles. The van der Waals surface area contributed by atoms with Crippen LogP contribution in [0.5, 0.6) is 0 Å². The number of rotatable bonds is 1. The Bertz CT molecular complexity index is 591. The number of halogens is 1. The Kier molecular flexibility index (Phi) is 3.54. The number of fused-ring (bicyclic) bond motifs is 1. The summed E-state index contributed by atoms with van der Waals surface area (Å²) in [7, 11) is 0. The predicted octanol–water partition coefficient (Wildman–Crippen LogP) is 3.80. The lowest BCUT2D eigenvalue weighted by molar-refractivity contribution is 0.0636. The molecule has 0 spiro atoms. The molecule has 0 aromatic carbocycles. The zero-order chi connectivity index (χ0) is 13.3. The van der Waals surface area contributed by atoms with Gasteiger partial charge in [0.15, 0.2) is 5.13 Å². The molecule has 0 atom stereocenters. The fourth-order valence-electron chi connectivity index (χ4n) is 1.24. The van der Waals surface area contributed by atoms with Gasteiger partial charge in [-0.15, -0.1) is 0 Å². The van der Waals surface area contributed by atoms with Crippen molar-refractivity contribution in [1.29, 1.82) is 0 Å². The van der Waals surface area contributed by atoms with Gasteiger partial charge in [-0.25, -0.2) is 14.8 Å². The van der Waals surface area contributed by atoms with Crippen molar-refractivity contribution in [2.24, 2.45) is 0 Å². The molecule has 0 bridgehead atoms. The van der Waals surface area contributed by atoms with Crippen LogP contribution in [-0.2, 0) is 4.74 Å². The number of aromatic nitrogens is 2. The molecule has 0 aliphatic carbocycles. The zero-order valence-electron chi connectivity index (χ0n) is 10.2. The summed E-state index contributed by atoms with van der Waals surface area (Å²) in [6.07, 6.45) is 1.18. The number of carbonyl (C=O) groups is 1. The van der Waals surface area contributed by atoms with Gasteiger partial charge < -0.3 is 4.74 Å². The molecule has 96 valence electrons. The fraction of sp³-hybridized carbons (Fsp3) is 0.364. The van der Waals surface area contributed by atoms with Gasteiger partial charge in [-0.3, -0.25) is 5.32 Å². The van der Waals surface area contributed by atoms with Crippen LogP contribution in [0.25, 0.3) is 10.3 Å². The van der Waals surface area contributed by atoms with E-state index in [1.54, 1.807) is 6.20 Å². The van der Waals surface area contributed by atoms with Crippen LogP contribution in [0.4, 0.5) is 9.93 Å². The van der Waals surface area contributed by atoms with Gasteiger partial charge in [0.2, 0.25) is 0 Å². The van der Waals surface area contributed by atoms with Crippen LogP contribution >= 0.6 is 27.3 Å². The number of amides is 1. The van der Waals surface area contributed by atoms with Crippen molar-refractivity contribution in [2.45, 2.75) is 26.4 Å². The maximum atomic E-state index is 11.6. The van der Waals surface area contributed by atoms with Crippen molar-refractivity contribution < 1.29 is 9.53 Å². The van der Waals surface area contributed by atoms with E-state index in [0.29, 0.717) is 5.13 Å². The number of nitrogens with one attached hydrogen (secondary N) is 1. The Hall–Kier alpha value is -1.21. The number of anilines is 1. The number of thiazole rings is 1. The number of carbonyl (C=O) groups excluding carboxylic acids is 1. The van der Waals surface area contributed by atoms with Gasteiger partial charge in [0.25, 0.3) is 0 Å². The van der Waals surface area contributed by atoms with E-state index in [-0.39, 0.29) is 0 Å².